The number of benzene rings is 1. The molecule has 1 aliphatic heterocycles. The average molecular weight is 455 g/mol. The van der Waals surface area contributed by atoms with Crippen LogP contribution in [0.2, 0.25) is 0 Å². The number of hydrogen-bond acceptors (Lipinski definition) is 6. The van der Waals surface area contributed by atoms with Crippen LogP contribution >= 0.6 is 0 Å². The molecule has 0 fully saturated rings. The molecule has 8 nitrogen and oxygen atoms in total. The van der Waals surface area contributed by atoms with E-state index in [1.807, 2.05) is 90.5 Å². The van der Waals surface area contributed by atoms with Crippen LogP contribution in [0.15, 0.2) is 85.5 Å². The highest BCUT2D eigenvalue weighted by Gasteiger charge is 2.15. The average Bonchev–Trinajstić information content (AvgIpc) is 3.47. The number of carbonyl (C=O) groups is 1. The second-order valence-corrected chi connectivity index (χ2v) is 8.17. The minimum absolute atomic E-state index is 0.0417. The highest BCUT2D eigenvalue weighted by Crippen LogP contribution is 2.28. The van der Waals surface area contributed by atoms with Crippen LogP contribution in [-0.2, 0) is 6.54 Å². The van der Waals surface area contributed by atoms with Crippen molar-refractivity contribution in [3.05, 3.63) is 102 Å². The van der Waals surface area contributed by atoms with E-state index in [-0.39, 0.29) is 12.1 Å². The minimum Gasteiger partial charge on any atom is -0.457 e. The summed E-state index contributed by atoms with van der Waals surface area (Å²) in [7, 11) is 1.93. The van der Waals surface area contributed by atoms with Crippen molar-refractivity contribution in [1.82, 2.24) is 25.1 Å². The molecule has 0 bridgehead atoms. The van der Waals surface area contributed by atoms with Crippen LogP contribution in [0, 0.1) is 6.92 Å². The van der Waals surface area contributed by atoms with Crippen molar-refractivity contribution in [3.8, 4) is 11.5 Å². The third kappa shape index (κ3) is 4.72. The summed E-state index contributed by atoms with van der Waals surface area (Å²) < 4.78 is 8.15. The van der Waals surface area contributed by atoms with Crippen LogP contribution in [0.25, 0.3) is 5.52 Å². The maximum Gasteiger partial charge on any atom is 0.251 e. The van der Waals surface area contributed by atoms with E-state index in [1.54, 1.807) is 12.3 Å². The summed E-state index contributed by atoms with van der Waals surface area (Å²) in [6.45, 7) is 2.34. The van der Waals surface area contributed by atoms with Gasteiger partial charge in [-0.05, 0) is 61.0 Å². The maximum atomic E-state index is 12.9. The molecule has 1 atom stereocenters. The summed E-state index contributed by atoms with van der Waals surface area (Å²) in [6.07, 6.45) is 9.57. The summed E-state index contributed by atoms with van der Waals surface area (Å²) in [5.74, 6) is 1.80. The van der Waals surface area contributed by atoms with Crippen molar-refractivity contribution in [2.75, 3.05) is 12.4 Å². The molecular weight excluding hydrogens is 428 g/mol. The molecule has 8 heteroatoms. The Morgan fingerprint density at radius 2 is 2.06 bits per heavy atom. The van der Waals surface area contributed by atoms with Gasteiger partial charge in [-0.1, -0.05) is 6.07 Å². The molecule has 0 aliphatic carbocycles. The standard InChI is InChI=1S/C26H26N6O2/c1-18-22(26(33)28-17-19-9-14-32-12-4-5-20(32)15-19)6-3-7-23(18)34-21-8-11-27-25(16-21)29-24-10-13-31(2)30-24/h3-16,24,30H,17H2,1-2H3,(H,27,29)(H,28,33). The summed E-state index contributed by atoms with van der Waals surface area (Å²) in [5.41, 5.74) is 6.70. The third-order valence-corrected chi connectivity index (χ3v) is 5.68. The Hall–Kier alpha value is -4.30. The lowest BCUT2D eigenvalue weighted by Gasteiger charge is -2.17. The molecule has 4 aromatic rings. The van der Waals surface area contributed by atoms with Gasteiger partial charge in [0.1, 0.15) is 23.5 Å². The van der Waals surface area contributed by atoms with Crippen molar-refractivity contribution in [2.24, 2.45) is 0 Å². The maximum absolute atomic E-state index is 12.9. The molecular formula is C26H26N6O2. The molecule has 0 saturated carbocycles. The molecule has 3 N–H and O–H groups in total. The SMILES string of the molecule is Cc1c(Oc2ccnc(NC3C=CN(C)N3)c2)cccc1C(=O)NCc1ccn2cccc2c1. The monoisotopic (exact) mass is 454 g/mol. The van der Waals surface area contributed by atoms with Crippen LogP contribution in [0.5, 0.6) is 11.5 Å². The number of fused-ring (bicyclic) bond motifs is 1. The minimum atomic E-state index is -0.140. The highest BCUT2D eigenvalue weighted by atomic mass is 16.5. The first-order valence-corrected chi connectivity index (χ1v) is 11.1. The molecule has 172 valence electrons. The van der Waals surface area contributed by atoms with E-state index >= 15 is 0 Å². The van der Waals surface area contributed by atoms with E-state index in [2.05, 4.69) is 27.1 Å². The van der Waals surface area contributed by atoms with Gasteiger partial charge in [-0.3, -0.25) is 4.79 Å². The van der Waals surface area contributed by atoms with Gasteiger partial charge in [-0.2, -0.15) is 0 Å². The zero-order valence-corrected chi connectivity index (χ0v) is 19.0. The number of hydrazine groups is 1. The predicted molar refractivity (Wildman–Crippen MR) is 132 cm³/mol. The second-order valence-electron chi connectivity index (χ2n) is 8.17. The van der Waals surface area contributed by atoms with Gasteiger partial charge in [0.25, 0.3) is 5.91 Å². The van der Waals surface area contributed by atoms with Gasteiger partial charge in [0.05, 0.1) is 0 Å². The molecule has 34 heavy (non-hydrogen) atoms. The summed E-state index contributed by atoms with van der Waals surface area (Å²) in [5, 5.41) is 8.17. The number of nitrogens with zero attached hydrogens (tertiary/aromatic N) is 3. The first kappa shape index (κ1) is 21.5. The number of amides is 1. The normalized spacial score (nSPS) is 15.0. The molecule has 1 aliphatic rings. The fourth-order valence-corrected chi connectivity index (χ4v) is 3.88. The molecule has 1 aromatic carbocycles. The van der Waals surface area contributed by atoms with Gasteiger partial charge in [0, 0.05) is 61.1 Å². The molecule has 0 radical (unpaired) electrons. The Morgan fingerprint density at radius 3 is 2.91 bits per heavy atom. The first-order chi connectivity index (χ1) is 16.5. The van der Waals surface area contributed by atoms with Crippen LogP contribution in [0.1, 0.15) is 21.5 Å². The smallest absolute Gasteiger partial charge is 0.251 e. The molecule has 1 unspecified atom stereocenters. The van der Waals surface area contributed by atoms with Gasteiger partial charge in [-0.25, -0.2) is 10.4 Å². The van der Waals surface area contributed by atoms with Crippen molar-refractivity contribution < 1.29 is 9.53 Å². The number of anilines is 1. The van der Waals surface area contributed by atoms with Crippen molar-refractivity contribution >= 4 is 17.2 Å². The lowest BCUT2D eigenvalue weighted by Crippen LogP contribution is -2.37. The van der Waals surface area contributed by atoms with Gasteiger partial charge in [0.2, 0.25) is 0 Å². The Bertz CT molecular complexity index is 1360. The fraction of sp³-hybridized carbons (Fsp3) is 0.154. The van der Waals surface area contributed by atoms with Gasteiger partial charge in [0.15, 0.2) is 0 Å². The molecule has 5 rings (SSSR count). The molecule has 4 heterocycles. The molecule has 0 spiro atoms. The van der Waals surface area contributed by atoms with Crippen molar-refractivity contribution in [1.29, 1.82) is 0 Å². The Labute approximate surface area is 197 Å². The Kier molecular flexibility index (Phi) is 5.88. The number of aromatic nitrogens is 2. The summed E-state index contributed by atoms with van der Waals surface area (Å²) in [4.78, 5) is 17.3. The van der Waals surface area contributed by atoms with E-state index < -0.39 is 0 Å². The summed E-state index contributed by atoms with van der Waals surface area (Å²) in [6, 6.07) is 17.2. The number of nitrogens with one attached hydrogen (secondary N) is 3. The topological polar surface area (TPSA) is 82.9 Å². The van der Waals surface area contributed by atoms with Crippen molar-refractivity contribution in [3.63, 3.8) is 0 Å². The van der Waals surface area contributed by atoms with E-state index in [0.717, 1.165) is 16.6 Å². The number of ether oxygens (including phenoxy) is 1. The van der Waals surface area contributed by atoms with E-state index in [4.69, 9.17) is 4.74 Å². The number of pyridine rings is 2. The number of carbonyl (C=O) groups excluding carboxylic acids is 1. The summed E-state index contributed by atoms with van der Waals surface area (Å²) >= 11 is 0. The Morgan fingerprint density at radius 1 is 1.15 bits per heavy atom. The zero-order valence-electron chi connectivity index (χ0n) is 19.0. The lowest BCUT2D eigenvalue weighted by molar-refractivity contribution is 0.0950. The van der Waals surface area contributed by atoms with E-state index in [0.29, 0.717) is 29.4 Å². The second kappa shape index (κ2) is 9.29. The quantitative estimate of drug-likeness (QED) is 0.391. The zero-order chi connectivity index (χ0) is 23.5. The predicted octanol–water partition coefficient (Wildman–Crippen LogP) is 4.07. The molecule has 3 aromatic heterocycles. The van der Waals surface area contributed by atoms with Crippen LogP contribution < -0.4 is 20.8 Å². The van der Waals surface area contributed by atoms with Gasteiger partial charge in [-0.15, -0.1) is 0 Å². The number of hydrogen-bond donors (Lipinski definition) is 3. The number of rotatable bonds is 7. The lowest BCUT2D eigenvalue weighted by atomic mass is 10.1. The largest absolute Gasteiger partial charge is 0.457 e. The van der Waals surface area contributed by atoms with Crippen molar-refractivity contribution in [2.45, 2.75) is 19.6 Å². The van der Waals surface area contributed by atoms with E-state index in [1.165, 1.54) is 0 Å². The van der Waals surface area contributed by atoms with Crippen LogP contribution in [-0.4, -0.2) is 33.5 Å². The van der Waals surface area contributed by atoms with Crippen LogP contribution in [0.3, 0.4) is 0 Å². The molecule has 1 amide bonds. The Balaban J connectivity index is 1.26. The first-order valence-electron chi connectivity index (χ1n) is 11.1. The highest BCUT2D eigenvalue weighted by molar-refractivity contribution is 5.96. The van der Waals surface area contributed by atoms with Gasteiger partial charge >= 0.3 is 0 Å². The van der Waals surface area contributed by atoms with E-state index in [9.17, 15) is 4.79 Å². The third-order valence-electron chi connectivity index (χ3n) is 5.68. The fourth-order valence-electron chi connectivity index (χ4n) is 3.88. The van der Waals surface area contributed by atoms with Gasteiger partial charge < -0.3 is 24.8 Å². The van der Waals surface area contributed by atoms with Crippen LogP contribution in [0.4, 0.5) is 5.82 Å². The molecule has 0 saturated heterocycles.